The van der Waals surface area contributed by atoms with Crippen LogP contribution in [-0.2, 0) is 10.8 Å². The molecular weight excluding hydrogens is 627 g/mol. The average molecular weight is 678 g/mol. The van der Waals surface area contributed by atoms with Crippen LogP contribution in [-0.4, -0.2) is 0 Å². The van der Waals surface area contributed by atoms with Crippen LogP contribution in [0.15, 0.2) is 121 Å². The van der Waals surface area contributed by atoms with Crippen LogP contribution in [0, 0.1) is 13.8 Å². The van der Waals surface area contributed by atoms with Crippen LogP contribution in [0.2, 0.25) is 0 Å². The molecule has 1 N–H and O–H groups in total. The highest BCUT2D eigenvalue weighted by Crippen LogP contribution is 2.55. The number of aryl methyl sites for hydroxylation is 2. The number of hydrogen-bond acceptors (Lipinski definition) is 1. The van der Waals surface area contributed by atoms with E-state index in [-0.39, 0.29) is 10.8 Å². The molecule has 9 rings (SSSR count). The quantitative estimate of drug-likeness (QED) is 0.191. The summed E-state index contributed by atoms with van der Waals surface area (Å²) in [4.78, 5) is 0. The summed E-state index contributed by atoms with van der Waals surface area (Å²) in [6.45, 7) is 18.4. The molecule has 0 bridgehead atoms. The minimum absolute atomic E-state index is 0.0671. The maximum absolute atomic E-state index is 3.81. The molecule has 1 nitrogen and oxygen atoms in total. The zero-order valence-electron chi connectivity index (χ0n) is 32.2. The fourth-order valence-corrected chi connectivity index (χ4v) is 8.93. The molecule has 0 aromatic heterocycles. The predicted molar refractivity (Wildman–Crippen MR) is 226 cm³/mol. The zero-order chi connectivity index (χ0) is 36.4. The van der Waals surface area contributed by atoms with E-state index >= 15 is 0 Å². The Morgan fingerprint density at radius 2 is 1.04 bits per heavy atom. The first-order valence-electron chi connectivity index (χ1n) is 19.3. The summed E-state index contributed by atoms with van der Waals surface area (Å²) in [5.74, 6) is 0. The number of rotatable bonds is 5. The van der Waals surface area contributed by atoms with Crippen molar-refractivity contribution in [3.05, 3.63) is 155 Å². The number of benzene rings is 7. The first-order valence-corrected chi connectivity index (χ1v) is 19.3. The van der Waals surface area contributed by atoms with Crippen molar-refractivity contribution in [1.29, 1.82) is 0 Å². The topological polar surface area (TPSA) is 12.0 Å². The highest BCUT2D eigenvalue weighted by atomic mass is 14.9. The third-order valence-electron chi connectivity index (χ3n) is 11.9. The molecule has 2 aliphatic rings. The van der Waals surface area contributed by atoms with Crippen LogP contribution in [0.5, 0.6) is 0 Å². The van der Waals surface area contributed by atoms with Gasteiger partial charge in [-0.3, -0.25) is 0 Å². The van der Waals surface area contributed by atoms with Crippen LogP contribution in [0.4, 0.5) is 11.4 Å². The second kappa shape index (κ2) is 12.8. The minimum atomic E-state index is -0.136. The van der Waals surface area contributed by atoms with Crippen LogP contribution in [0.25, 0.3) is 54.9 Å². The van der Waals surface area contributed by atoms with Crippen molar-refractivity contribution >= 4 is 32.9 Å². The molecule has 0 spiro atoms. The smallest absolute Gasteiger partial charge is 0.0387 e. The number of unbranched alkanes of at least 4 members (excludes halogenated alkanes) is 2. The standard InChI is InChI=1S/C46H39N.C5H12/c1-27-15-16-28(2)37(21-27)38-26-43-44(35-14-10-9-13-33(35)38)36-20-18-32(25-42(36)46(43,5)6)47-31-17-19-34-39-22-29-11-7-8-12-30(29)23-40(39)45(3,4)41(34)24-31;1-3-5-4-2/h7-26,47H,1-6H3;3-5H2,1-2H3. The van der Waals surface area contributed by atoms with Gasteiger partial charge in [0.2, 0.25) is 0 Å². The van der Waals surface area contributed by atoms with Gasteiger partial charge >= 0.3 is 0 Å². The lowest BCUT2D eigenvalue weighted by atomic mass is 9.80. The van der Waals surface area contributed by atoms with Gasteiger partial charge < -0.3 is 5.32 Å². The third kappa shape index (κ3) is 5.45. The minimum Gasteiger partial charge on any atom is -0.356 e. The van der Waals surface area contributed by atoms with Gasteiger partial charge in [0.05, 0.1) is 0 Å². The molecule has 0 saturated heterocycles. The summed E-state index contributed by atoms with van der Waals surface area (Å²) in [7, 11) is 0. The number of anilines is 2. The van der Waals surface area contributed by atoms with Gasteiger partial charge in [-0.05, 0) is 139 Å². The Morgan fingerprint density at radius 3 is 1.71 bits per heavy atom. The van der Waals surface area contributed by atoms with Gasteiger partial charge in [0.25, 0.3) is 0 Å². The Morgan fingerprint density at radius 1 is 0.462 bits per heavy atom. The van der Waals surface area contributed by atoms with Crippen molar-refractivity contribution in [3.63, 3.8) is 0 Å². The van der Waals surface area contributed by atoms with Crippen molar-refractivity contribution in [2.24, 2.45) is 0 Å². The fraction of sp³-hybridized carbons (Fsp3) is 0.255. The van der Waals surface area contributed by atoms with Gasteiger partial charge in [-0.15, -0.1) is 0 Å². The van der Waals surface area contributed by atoms with Gasteiger partial charge in [-0.25, -0.2) is 0 Å². The highest BCUT2D eigenvalue weighted by Gasteiger charge is 2.38. The lowest BCUT2D eigenvalue weighted by molar-refractivity contribution is 0.661. The zero-order valence-corrected chi connectivity index (χ0v) is 32.2. The van der Waals surface area contributed by atoms with Crippen LogP contribution < -0.4 is 5.32 Å². The van der Waals surface area contributed by atoms with Gasteiger partial charge in [-0.1, -0.05) is 145 Å². The summed E-state index contributed by atoms with van der Waals surface area (Å²) in [6.07, 6.45) is 4.08. The maximum atomic E-state index is 3.81. The maximum Gasteiger partial charge on any atom is 0.0387 e. The van der Waals surface area contributed by atoms with E-state index in [1.54, 1.807) is 0 Å². The van der Waals surface area contributed by atoms with Crippen LogP contribution in [0.3, 0.4) is 0 Å². The van der Waals surface area contributed by atoms with Crippen molar-refractivity contribution in [1.82, 2.24) is 0 Å². The van der Waals surface area contributed by atoms with E-state index in [2.05, 4.69) is 182 Å². The molecule has 1 heteroatoms. The Bertz CT molecular complexity index is 2510. The van der Waals surface area contributed by atoms with E-state index in [0.29, 0.717) is 0 Å². The van der Waals surface area contributed by atoms with E-state index < -0.39 is 0 Å². The van der Waals surface area contributed by atoms with Gasteiger partial charge in [0.1, 0.15) is 0 Å². The van der Waals surface area contributed by atoms with Crippen molar-refractivity contribution in [2.75, 3.05) is 5.32 Å². The monoisotopic (exact) mass is 677 g/mol. The molecule has 0 saturated carbocycles. The van der Waals surface area contributed by atoms with E-state index in [9.17, 15) is 0 Å². The SMILES string of the molecule is CCCCC.Cc1ccc(C)c(-c2cc3c(c4ccccc24)-c2ccc(Nc4ccc5c(c4)C(C)(C)c4cc6ccccc6cc4-5)cc2C3(C)C)c1. The molecule has 260 valence electrons. The highest BCUT2D eigenvalue weighted by molar-refractivity contribution is 6.09. The normalized spacial score (nSPS) is 14.3. The Hall–Kier alpha value is -5.14. The molecule has 0 unspecified atom stereocenters. The van der Waals surface area contributed by atoms with E-state index in [4.69, 9.17) is 0 Å². The van der Waals surface area contributed by atoms with E-state index in [1.807, 2.05) is 0 Å². The Labute approximate surface area is 310 Å². The predicted octanol–water partition coefficient (Wildman–Crippen LogP) is 14.8. The average Bonchev–Trinajstić information content (AvgIpc) is 3.50. The molecule has 0 radical (unpaired) electrons. The number of hydrogen-bond donors (Lipinski definition) is 1. The van der Waals surface area contributed by atoms with Crippen molar-refractivity contribution < 1.29 is 0 Å². The van der Waals surface area contributed by atoms with Gasteiger partial charge in [0, 0.05) is 22.2 Å². The lowest BCUT2D eigenvalue weighted by Crippen LogP contribution is -2.16. The molecule has 0 atom stereocenters. The van der Waals surface area contributed by atoms with Crippen molar-refractivity contribution in [3.8, 4) is 33.4 Å². The lowest BCUT2D eigenvalue weighted by Gasteiger charge is -2.24. The molecule has 0 heterocycles. The Kier molecular flexibility index (Phi) is 8.37. The number of nitrogens with one attached hydrogen (secondary N) is 1. The fourth-order valence-electron chi connectivity index (χ4n) is 8.93. The molecule has 0 amide bonds. The third-order valence-corrected chi connectivity index (χ3v) is 11.9. The molecular formula is C51H51N. The van der Waals surface area contributed by atoms with Crippen molar-refractivity contribution in [2.45, 2.75) is 85.5 Å². The second-order valence-electron chi connectivity index (χ2n) is 16.2. The largest absolute Gasteiger partial charge is 0.356 e. The van der Waals surface area contributed by atoms with Gasteiger partial charge in [0.15, 0.2) is 0 Å². The molecule has 7 aromatic carbocycles. The summed E-state index contributed by atoms with van der Waals surface area (Å²) in [6, 6.07) is 45.7. The van der Waals surface area contributed by atoms with E-state index in [0.717, 1.165) is 11.4 Å². The molecule has 0 fully saturated rings. The molecule has 52 heavy (non-hydrogen) atoms. The summed E-state index contributed by atoms with van der Waals surface area (Å²) in [5.41, 5.74) is 18.3. The molecule has 7 aromatic rings. The van der Waals surface area contributed by atoms with Crippen LogP contribution in [0.1, 0.15) is 94.2 Å². The molecule has 0 aliphatic heterocycles. The Balaban J connectivity index is 0.000000727. The second-order valence-corrected chi connectivity index (χ2v) is 16.2. The van der Waals surface area contributed by atoms with Gasteiger partial charge in [-0.2, -0.15) is 0 Å². The summed E-state index contributed by atoms with van der Waals surface area (Å²) < 4.78 is 0. The first-order chi connectivity index (χ1) is 25.0. The summed E-state index contributed by atoms with van der Waals surface area (Å²) in [5, 5.41) is 9.07. The van der Waals surface area contributed by atoms with Crippen LogP contribution >= 0.6 is 0 Å². The summed E-state index contributed by atoms with van der Waals surface area (Å²) >= 11 is 0. The number of fused-ring (bicyclic) bond motifs is 9. The van der Waals surface area contributed by atoms with E-state index in [1.165, 1.54) is 108 Å². The molecule has 2 aliphatic carbocycles. The first kappa shape index (κ1) is 34.0.